The van der Waals surface area contributed by atoms with Crippen molar-refractivity contribution >= 4 is 11.6 Å². The third-order valence-electron chi connectivity index (χ3n) is 4.88. The summed E-state index contributed by atoms with van der Waals surface area (Å²) in [6, 6.07) is 8.65. The molecule has 1 amide bonds. The van der Waals surface area contributed by atoms with E-state index in [1.807, 2.05) is 0 Å². The van der Waals surface area contributed by atoms with Crippen LogP contribution in [0.5, 0.6) is 0 Å². The first-order valence-electron chi connectivity index (χ1n) is 8.53. The van der Waals surface area contributed by atoms with E-state index in [4.69, 9.17) is 0 Å². The lowest BCUT2D eigenvalue weighted by molar-refractivity contribution is -0.126. The average molecular weight is 301 g/mol. The Labute approximate surface area is 133 Å². The lowest BCUT2D eigenvalue weighted by Gasteiger charge is -2.28. The van der Waals surface area contributed by atoms with E-state index in [2.05, 4.69) is 46.4 Å². The predicted molar refractivity (Wildman–Crippen MR) is 90.2 cm³/mol. The topological polar surface area (TPSA) is 35.6 Å². The van der Waals surface area contributed by atoms with E-state index in [1.165, 1.54) is 11.3 Å². The molecular formula is C18H27N3O. The maximum Gasteiger partial charge on any atom is 0.224 e. The van der Waals surface area contributed by atoms with Crippen molar-refractivity contribution in [1.82, 2.24) is 10.2 Å². The van der Waals surface area contributed by atoms with Crippen LogP contribution in [0.15, 0.2) is 24.3 Å². The Hall–Kier alpha value is -1.55. The van der Waals surface area contributed by atoms with Gasteiger partial charge in [0.1, 0.15) is 0 Å². The fraction of sp³-hybridized carbons (Fsp3) is 0.611. The van der Waals surface area contributed by atoms with Crippen molar-refractivity contribution in [2.45, 2.75) is 25.7 Å². The molecule has 2 aliphatic rings. The second-order valence-electron chi connectivity index (χ2n) is 6.61. The fourth-order valence-electron chi connectivity index (χ4n) is 3.65. The van der Waals surface area contributed by atoms with Crippen molar-refractivity contribution in [2.24, 2.45) is 5.92 Å². The first-order chi connectivity index (χ1) is 10.7. The van der Waals surface area contributed by atoms with Gasteiger partial charge in [0.2, 0.25) is 5.91 Å². The molecule has 1 N–H and O–H groups in total. The summed E-state index contributed by atoms with van der Waals surface area (Å²) in [5.41, 5.74) is 2.83. The second kappa shape index (κ2) is 7.14. The standard InChI is InChI=1S/C18H27N3O/c1-20-11-4-7-16(14-20)18(22)19-10-5-12-21-13-9-15-6-2-3-8-17(15)21/h2-3,6,8,16H,4-5,7,9-14H2,1H3,(H,19,22)/t16-/m0/s1. The van der Waals surface area contributed by atoms with Crippen LogP contribution >= 0.6 is 0 Å². The van der Waals surface area contributed by atoms with E-state index in [9.17, 15) is 4.79 Å². The van der Waals surface area contributed by atoms with E-state index in [1.54, 1.807) is 0 Å². The van der Waals surface area contributed by atoms with Gasteiger partial charge in [-0.2, -0.15) is 0 Å². The summed E-state index contributed by atoms with van der Waals surface area (Å²) < 4.78 is 0. The smallest absolute Gasteiger partial charge is 0.224 e. The summed E-state index contributed by atoms with van der Waals surface area (Å²) in [6.07, 6.45) is 4.34. The maximum absolute atomic E-state index is 12.2. The monoisotopic (exact) mass is 301 g/mol. The molecule has 0 spiro atoms. The number of amides is 1. The largest absolute Gasteiger partial charge is 0.371 e. The lowest BCUT2D eigenvalue weighted by Crippen LogP contribution is -2.42. The molecule has 0 unspecified atom stereocenters. The van der Waals surface area contributed by atoms with Crippen LogP contribution in [-0.2, 0) is 11.2 Å². The van der Waals surface area contributed by atoms with E-state index in [0.717, 1.165) is 58.4 Å². The maximum atomic E-state index is 12.2. The van der Waals surface area contributed by atoms with Crippen molar-refractivity contribution in [3.05, 3.63) is 29.8 Å². The highest BCUT2D eigenvalue weighted by molar-refractivity contribution is 5.78. The van der Waals surface area contributed by atoms with E-state index in [0.29, 0.717) is 0 Å². The molecule has 1 saturated heterocycles. The number of hydrogen-bond donors (Lipinski definition) is 1. The third-order valence-corrected chi connectivity index (χ3v) is 4.88. The fourth-order valence-corrected chi connectivity index (χ4v) is 3.65. The summed E-state index contributed by atoms with van der Waals surface area (Å²) in [6.45, 7) is 4.96. The highest BCUT2D eigenvalue weighted by Gasteiger charge is 2.23. The van der Waals surface area contributed by atoms with Crippen LogP contribution in [0.2, 0.25) is 0 Å². The van der Waals surface area contributed by atoms with Crippen LogP contribution in [0, 0.1) is 5.92 Å². The summed E-state index contributed by atoms with van der Waals surface area (Å²) >= 11 is 0. The Bertz CT molecular complexity index is 517. The number of nitrogens with one attached hydrogen (secondary N) is 1. The van der Waals surface area contributed by atoms with Gasteiger partial charge in [0, 0.05) is 31.9 Å². The van der Waals surface area contributed by atoms with Gasteiger partial charge in [0.15, 0.2) is 0 Å². The molecule has 22 heavy (non-hydrogen) atoms. The van der Waals surface area contributed by atoms with Gasteiger partial charge >= 0.3 is 0 Å². The average Bonchev–Trinajstić information content (AvgIpc) is 2.95. The molecule has 1 aromatic rings. The SMILES string of the molecule is CN1CCC[C@H](C(=O)NCCCN2CCc3ccccc32)C1. The predicted octanol–water partition coefficient (Wildman–Crippen LogP) is 1.90. The number of hydrogen-bond acceptors (Lipinski definition) is 3. The molecule has 2 aliphatic heterocycles. The molecule has 4 nitrogen and oxygen atoms in total. The number of carbonyl (C=O) groups is 1. The number of anilines is 1. The molecule has 0 radical (unpaired) electrons. The minimum atomic E-state index is 0.186. The minimum absolute atomic E-state index is 0.186. The molecule has 0 aliphatic carbocycles. The summed E-state index contributed by atoms with van der Waals surface area (Å²) in [5, 5.41) is 3.13. The molecule has 0 saturated carbocycles. The summed E-state index contributed by atoms with van der Waals surface area (Å²) in [5.74, 6) is 0.430. The molecule has 4 heteroatoms. The summed E-state index contributed by atoms with van der Waals surface area (Å²) in [4.78, 5) is 16.9. The number of para-hydroxylation sites is 1. The molecule has 1 aromatic carbocycles. The third kappa shape index (κ3) is 3.61. The number of carbonyl (C=O) groups excluding carboxylic acids is 1. The number of piperidine rings is 1. The van der Waals surface area contributed by atoms with Gasteiger partial charge in [-0.15, -0.1) is 0 Å². The van der Waals surface area contributed by atoms with Gasteiger partial charge in [-0.1, -0.05) is 18.2 Å². The number of likely N-dealkylation sites (tertiary alicyclic amines) is 1. The van der Waals surface area contributed by atoms with Gasteiger partial charge in [0.25, 0.3) is 0 Å². The molecule has 1 fully saturated rings. The van der Waals surface area contributed by atoms with E-state index in [-0.39, 0.29) is 11.8 Å². The first kappa shape index (κ1) is 15.3. The number of nitrogens with zero attached hydrogens (tertiary/aromatic N) is 2. The van der Waals surface area contributed by atoms with Crippen LogP contribution in [0.25, 0.3) is 0 Å². The normalized spacial score (nSPS) is 21.7. The van der Waals surface area contributed by atoms with Crippen LogP contribution in [-0.4, -0.2) is 50.6 Å². The van der Waals surface area contributed by atoms with Gasteiger partial charge in [-0.05, 0) is 50.9 Å². The van der Waals surface area contributed by atoms with Crippen LogP contribution in [0.3, 0.4) is 0 Å². The lowest BCUT2D eigenvalue weighted by atomic mass is 9.97. The Kier molecular flexibility index (Phi) is 4.98. The molecule has 0 bridgehead atoms. The van der Waals surface area contributed by atoms with Crippen LogP contribution in [0.1, 0.15) is 24.8 Å². The molecule has 0 aromatic heterocycles. The number of fused-ring (bicyclic) bond motifs is 1. The zero-order valence-electron chi connectivity index (χ0n) is 13.6. The Morgan fingerprint density at radius 3 is 3.05 bits per heavy atom. The van der Waals surface area contributed by atoms with Crippen LogP contribution in [0.4, 0.5) is 5.69 Å². The van der Waals surface area contributed by atoms with Gasteiger partial charge < -0.3 is 15.1 Å². The Morgan fingerprint density at radius 2 is 2.18 bits per heavy atom. The highest BCUT2D eigenvalue weighted by atomic mass is 16.1. The first-order valence-corrected chi connectivity index (χ1v) is 8.53. The molecular weight excluding hydrogens is 274 g/mol. The Morgan fingerprint density at radius 1 is 1.32 bits per heavy atom. The zero-order valence-corrected chi connectivity index (χ0v) is 13.6. The van der Waals surface area contributed by atoms with Gasteiger partial charge in [-0.3, -0.25) is 4.79 Å². The minimum Gasteiger partial charge on any atom is -0.371 e. The van der Waals surface area contributed by atoms with E-state index < -0.39 is 0 Å². The van der Waals surface area contributed by atoms with Crippen molar-refractivity contribution in [3.8, 4) is 0 Å². The zero-order chi connectivity index (χ0) is 15.4. The summed E-state index contributed by atoms with van der Waals surface area (Å²) in [7, 11) is 2.10. The number of rotatable bonds is 5. The molecule has 2 heterocycles. The van der Waals surface area contributed by atoms with E-state index >= 15 is 0 Å². The quantitative estimate of drug-likeness (QED) is 0.844. The van der Waals surface area contributed by atoms with Gasteiger partial charge in [-0.25, -0.2) is 0 Å². The molecule has 1 atom stereocenters. The van der Waals surface area contributed by atoms with Crippen molar-refractivity contribution in [1.29, 1.82) is 0 Å². The molecule has 3 rings (SSSR count). The number of benzene rings is 1. The van der Waals surface area contributed by atoms with Crippen molar-refractivity contribution < 1.29 is 4.79 Å². The van der Waals surface area contributed by atoms with Crippen LogP contribution < -0.4 is 10.2 Å². The van der Waals surface area contributed by atoms with Gasteiger partial charge in [0.05, 0.1) is 5.92 Å². The van der Waals surface area contributed by atoms with Crippen molar-refractivity contribution in [2.75, 3.05) is 44.7 Å². The second-order valence-corrected chi connectivity index (χ2v) is 6.61. The van der Waals surface area contributed by atoms with Crippen molar-refractivity contribution in [3.63, 3.8) is 0 Å². The molecule has 120 valence electrons. The highest BCUT2D eigenvalue weighted by Crippen LogP contribution is 2.27. The Balaban J connectivity index is 1.38.